The Balaban J connectivity index is 2.05. The summed E-state index contributed by atoms with van der Waals surface area (Å²) in [4.78, 5) is 12.1. The molecule has 0 radical (unpaired) electrons. The van der Waals surface area contributed by atoms with Gasteiger partial charge in [0.2, 0.25) is 0 Å². The number of nitrogens with zero attached hydrogens (tertiary/aromatic N) is 3. The number of ether oxygens (including phenoxy) is 1. The number of halogens is 4. The predicted octanol–water partition coefficient (Wildman–Crippen LogP) is 5.27. The van der Waals surface area contributed by atoms with Crippen LogP contribution in [0.25, 0.3) is 11.5 Å². The molecule has 0 saturated carbocycles. The Morgan fingerprint density at radius 1 is 1.07 bits per heavy atom. The molecule has 140 valence electrons. The van der Waals surface area contributed by atoms with Gasteiger partial charge in [0.25, 0.3) is 0 Å². The number of rotatable bonds is 4. The second kappa shape index (κ2) is 7.40. The van der Waals surface area contributed by atoms with E-state index >= 15 is 0 Å². The summed E-state index contributed by atoms with van der Waals surface area (Å²) in [6.45, 7) is 1.59. The van der Waals surface area contributed by atoms with Crippen molar-refractivity contribution in [2.24, 2.45) is 0 Å². The van der Waals surface area contributed by atoms with E-state index in [0.29, 0.717) is 17.1 Å². The van der Waals surface area contributed by atoms with Gasteiger partial charge in [-0.3, -0.25) is 4.98 Å². The van der Waals surface area contributed by atoms with Crippen LogP contribution in [0.4, 0.5) is 24.7 Å². The molecule has 1 aromatic carbocycles. The van der Waals surface area contributed by atoms with Crippen LogP contribution in [-0.4, -0.2) is 22.1 Å². The number of pyridine rings is 1. The van der Waals surface area contributed by atoms with Crippen LogP contribution in [-0.2, 0) is 6.18 Å². The second-order valence-corrected chi connectivity index (χ2v) is 5.92. The van der Waals surface area contributed by atoms with Crippen LogP contribution in [0, 0.1) is 6.92 Å². The number of alkyl halides is 3. The van der Waals surface area contributed by atoms with Crippen molar-refractivity contribution in [1.29, 1.82) is 0 Å². The summed E-state index contributed by atoms with van der Waals surface area (Å²) in [7, 11) is 1.55. The highest BCUT2D eigenvalue weighted by Crippen LogP contribution is 2.36. The van der Waals surface area contributed by atoms with E-state index in [1.165, 1.54) is 12.3 Å². The highest BCUT2D eigenvalue weighted by molar-refractivity contribution is 6.33. The lowest BCUT2D eigenvalue weighted by Gasteiger charge is -2.14. The largest absolute Gasteiger partial charge is 0.497 e. The first-order valence-electron chi connectivity index (χ1n) is 7.77. The SMILES string of the molecule is COc1ccc(Nc2nc(-c3ncccc3C(F)(F)F)nc(C)c2Cl)cc1. The zero-order valence-electron chi connectivity index (χ0n) is 14.3. The fourth-order valence-corrected chi connectivity index (χ4v) is 2.50. The lowest BCUT2D eigenvalue weighted by Crippen LogP contribution is -2.10. The standard InChI is InChI=1S/C18H14ClF3N4O/c1-10-14(19)16(25-11-5-7-12(27-2)8-6-11)26-17(24-10)15-13(18(20,21)22)4-3-9-23-15/h3-9H,1-2H3,(H,24,25,26). The Bertz CT molecular complexity index is 962. The van der Waals surface area contributed by atoms with Crippen LogP contribution < -0.4 is 10.1 Å². The first-order valence-corrected chi connectivity index (χ1v) is 8.15. The second-order valence-electron chi connectivity index (χ2n) is 5.55. The molecule has 0 unspecified atom stereocenters. The van der Waals surface area contributed by atoms with E-state index in [2.05, 4.69) is 20.3 Å². The van der Waals surface area contributed by atoms with E-state index < -0.39 is 11.7 Å². The van der Waals surface area contributed by atoms with Crippen molar-refractivity contribution in [1.82, 2.24) is 15.0 Å². The number of aromatic nitrogens is 3. The predicted molar refractivity (Wildman–Crippen MR) is 96.3 cm³/mol. The minimum absolute atomic E-state index is 0.166. The van der Waals surface area contributed by atoms with Gasteiger partial charge < -0.3 is 10.1 Å². The Labute approximate surface area is 158 Å². The molecule has 0 spiro atoms. The van der Waals surface area contributed by atoms with Crippen molar-refractivity contribution in [2.75, 3.05) is 12.4 Å². The van der Waals surface area contributed by atoms with Crippen molar-refractivity contribution in [3.05, 3.63) is 58.9 Å². The molecular weight excluding hydrogens is 381 g/mol. The van der Waals surface area contributed by atoms with Gasteiger partial charge in [-0.15, -0.1) is 0 Å². The molecule has 27 heavy (non-hydrogen) atoms. The molecule has 0 aliphatic heterocycles. The zero-order valence-corrected chi connectivity index (χ0v) is 15.1. The molecule has 0 bridgehead atoms. The number of hydrogen-bond acceptors (Lipinski definition) is 5. The van der Waals surface area contributed by atoms with Crippen LogP contribution in [0.2, 0.25) is 5.02 Å². The van der Waals surface area contributed by atoms with E-state index in [1.54, 1.807) is 38.3 Å². The lowest BCUT2D eigenvalue weighted by molar-refractivity contribution is -0.137. The van der Waals surface area contributed by atoms with Gasteiger partial charge in [0.05, 0.1) is 18.4 Å². The molecule has 0 aliphatic rings. The first-order chi connectivity index (χ1) is 12.8. The van der Waals surface area contributed by atoms with Crippen LogP contribution in [0.3, 0.4) is 0 Å². The third-order valence-electron chi connectivity index (χ3n) is 3.69. The van der Waals surface area contributed by atoms with E-state index in [-0.39, 0.29) is 22.4 Å². The van der Waals surface area contributed by atoms with E-state index in [4.69, 9.17) is 16.3 Å². The summed E-state index contributed by atoms with van der Waals surface area (Å²) in [5.74, 6) is 0.679. The summed E-state index contributed by atoms with van der Waals surface area (Å²) in [6.07, 6.45) is -3.32. The van der Waals surface area contributed by atoms with Gasteiger partial charge >= 0.3 is 6.18 Å². The first kappa shape index (κ1) is 18.9. The maximum absolute atomic E-state index is 13.3. The van der Waals surface area contributed by atoms with E-state index in [0.717, 1.165) is 6.07 Å². The maximum Gasteiger partial charge on any atom is 0.418 e. The fraction of sp³-hybridized carbons (Fsp3) is 0.167. The van der Waals surface area contributed by atoms with Gasteiger partial charge in [-0.1, -0.05) is 11.6 Å². The molecule has 3 rings (SSSR count). The average molecular weight is 395 g/mol. The summed E-state index contributed by atoms with van der Waals surface area (Å²) in [5.41, 5.74) is -0.306. The molecule has 0 atom stereocenters. The molecule has 0 aliphatic carbocycles. The van der Waals surface area contributed by atoms with Crippen molar-refractivity contribution in [3.63, 3.8) is 0 Å². The normalized spacial score (nSPS) is 11.3. The van der Waals surface area contributed by atoms with Crippen LogP contribution >= 0.6 is 11.6 Å². The quantitative estimate of drug-likeness (QED) is 0.653. The average Bonchev–Trinajstić information content (AvgIpc) is 2.65. The third-order valence-corrected chi connectivity index (χ3v) is 4.15. The zero-order chi connectivity index (χ0) is 19.6. The smallest absolute Gasteiger partial charge is 0.418 e. The number of nitrogens with one attached hydrogen (secondary N) is 1. The molecule has 0 amide bonds. The van der Waals surface area contributed by atoms with Gasteiger partial charge in [0.15, 0.2) is 11.6 Å². The number of hydrogen-bond donors (Lipinski definition) is 1. The van der Waals surface area contributed by atoms with Crippen LogP contribution in [0.5, 0.6) is 5.75 Å². The van der Waals surface area contributed by atoms with Crippen LogP contribution in [0.1, 0.15) is 11.3 Å². The van der Waals surface area contributed by atoms with Gasteiger partial charge in [-0.05, 0) is 43.3 Å². The monoisotopic (exact) mass is 394 g/mol. The summed E-state index contributed by atoms with van der Waals surface area (Å²) in [6, 6.07) is 9.07. The van der Waals surface area contributed by atoms with Crippen molar-refractivity contribution >= 4 is 23.1 Å². The van der Waals surface area contributed by atoms with Gasteiger partial charge in [0.1, 0.15) is 16.5 Å². The van der Waals surface area contributed by atoms with E-state index in [9.17, 15) is 13.2 Å². The molecule has 2 aromatic heterocycles. The summed E-state index contributed by atoms with van der Waals surface area (Å²) >= 11 is 6.24. The maximum atomic E-state index is 13.3. The van der Waals surface area contributed by atoms with Crippen molar-refractivity contribution in [2.45, 2.75) is 13.1 Å². The third kappa shape index (κ3) is 4.11. The Morgan fingerprint density at radius 3 is 2.41 bits per heavy atom. The number of anilines is 2. The summed E-state index contributed by atoms with van der Waals surface area (Å²) in [5, 5.41) is 3.19. The molecule has 5 nitrogen and oxygen atoms in total. The highest BCUT2D eigenvalue weighted by atomic mass is 35.5. The molecular formula is C18H14ClF3N4O. The van der Waals surface area contributed by atoms with Gasteiger partial charge in [-0.2, -0.15) is 13.2 Å². The lowest BCUT2D eigenvalue weighted by atomic mass is 10.1. The Kier molecular flexibility index (Phi) is 5.18. The molecule has 0 saturated heterocycles. The number of benzene rings is 1. The highest BCUT2D eigenvalue weighted by Gasteiger charge is 2.35. The topological polar surface area (TPSA) is 59.9 Å². The Morgan fingerprint density at radius 2 is 1.78 bits per heavy atom. The molecule has 0 fully saturated rings. The van der Waals surface area contributed by atoms with E-state index in [1.807, 2.05) is 0 Å². The van der Waals surface area contributed by atoms with Crippen LogP contribution in [0.15, 0.2) is 42.6 Å². The van der Waals surface area contributed by atoms with Gasteiger partial charge in [-0.25, -0.2) is 9.97 Å². The van der Waals surface area contributed by atoms with Crippen molar-refractivity contribution in [3.8, 4) is 17.3 Å². The summed E-state index contributed by atoms with van der Waals surface area (Å²) < 4.78 is 44.9. The van der Waals surface area contributed by atoms with Gasteiger partial charge in [0, 0.05) is 11.9 Å². The number of aryl methyl sites for hydroxylation is 1. The minimum Gasteiger partial charge on any atom is -0.497 e. The van der Waals surface area contributed by atoms with Crippen molar-refractivity contribution < 1.29 is 17.9 Å². The fourth-order valence-electron chi connectivity index (χ4n) is 2.37. The molecule has 9 heteroatoms. The molecule has 1 N–H and O–H groups in total. The minimum atomic E-state index is -4.58. The Hall–Kier alpha value is -2.87. The molecule has 3 aromatic rings. The number of methoxy groups -OCH3 is 1. The molecule has 2 heterocycles.